The number of halogens is 1. The predicted molar refractivity (Wildman–Crippen MR) is 52.6 cm³/mol. The van der Waals surface area contributed by atoms with E-state index in [0.29, 0.717) is 6.61 Å². The van der Waals surface area contributed by atoms with Crippen LogP contribution >= 0.6 is 12.4 Å². The van der Waals surface area contributed by atoms with Crippen LogP contribution in [0.15, 0.2) is 24.3 Å². The van der Waals surface area contributed by atoms with Gasteiger partial charge in [-0.05, 0) is 17.7 Å². The van der Waals surface area contributed by atoms with Crippen LogP contribution in [0.25, 0.3) is 0 Å². The zero-order valence-corrected chi connectivity index (χ0v) is 8.08. The van der Waals surface area contributed by atoms with E-state index in [1.165, 1.54) is 0 Å². The standard InChI is InChI=1S/C9H9NO3.ClH/c11-7-3-1-6(2-4-7)8-5-13-9(12)10-8;/h1-4,8,11H,5H2,(H,10,12);1H/t8-;/m0./s1. The maximum absolute atomic E-state index is 10.7. The van der Waals surface area contributed by atoms with Crippen molar-refractivity contribution >= 4 is 18.5 Å². The fourth-order valence-corrected chi connectivity index (χ4v) is 1.27. The van der Waals surface area contributed by atoms with Crippen LogP contribution in [-0.4, -0.2) is 17.8 Å². The molecule has 1 saturated heterocycles. The molecular formula is C9H10ClNO3. The summed E-state index contributed by atoms with van der Waals surface area (Å²) in [5.41, 5.74) is 0.934. The van der Waals surface area contributed by atoms with Crippen molar-refractivity contribution in [2.45, 2.75) is 6.04 Å². The average molecular weight is 216 g/mol. The average Bonchev–Trinajstić information content (AvgIpc) is 2.53. The number of carbonyl (C=O) groups is 1. The van der Waals surface area contributed by atoms with Crippen LogP contribution in [0.3, 0.4) is 0 Å². The Morgan fingerprint density at radius 3 is 2.50 bits per heavy atom. The van der Waals surface area contributed by atoms with Gasteiger partial charge in [-0.25, -0.2) is 4.79 Å². The Morgan fingerprint density at radius 1 is 1.36 bits per heavy atom. The molecule has 4 nitrogen and oxygen atoms in total. The molecule has 0 aromatic heterocycles. The van der Waals surface area contributed by atoms with E-state index in [4.69, 9.17) is 9.84 Å². The molecule has 0 unspecified atom stereocenters. The number of phenolic OH excluding ortho intramolecular Hbond substituents is 1. The van der Waals surface area contributed by atoms with E-state index in [0.717, 1.165) is 5.56 Å². The first kappa shape index (κ1) is 10.7. The molecule has 0 bridgehead atoms. The topological polar surface area (TPSA) is 58.6 Å². The van der Waals surface area contributed by atoms with Gasteiger partial charge in [0, 0.05) is 0 Å². The number of hydrogen-bond donors (Lipinski definition) is 2. The van der Waals surface area contributed by atoms with Gasteiger partial charge in [-0.2, -0.15) is 0 Å². The normalized spacial score (nSPS) is 19.4. The second-order valence-electron chi connectivity index (χ2n) is 2.89. The van der Waals surface area contributed by atoms with E-state index in [1.54, 1.807) is 24.3 Å². The number of nitrogens with one attached hydrogen (secondary N) is 1. The molecule has 1 fully saturated rings. The maximum Gasteiger partial charge on any atom is 0.407 e. The summed E-state index contributed by atoms with van der Waals surface area (Å²) >= 11 is 0. The van der Waals surface area contributed by atoms with Gasteiger partial charge < -0.3 is 15.2 Å². The monoisotopic (exact) mass is 215 g/mol. The van der Waals surface area contributed by atoms with E-state index in [2.05, 4.69) is 5.32 Å². The largest absolute Gasteiger partial charge is 0.508 e. The fraction of sp³-hybridized carbons (Fsp3) is 0.222. The van der Waals surface area contributed by atoms with Gasteiger partial charge in [-0.3, -0.25) is 0 Å². The Labute approximate surface area is 87.3 Å². The number of ether oxygens (including phenoxy) is 1. The van der Waals surface area contributed by atoms with Gasteiger partial charge in [0.2, 0.25) is 0 Å². The van der Waals surface area contributed by atoms with Gasteiger partial charge in [0.25, 0.3) is 0 Å². The first-order valence-electron chi connectivity index (χ1n) is 3.98. The summed E-state index contributed by atoms with van der Waals surface area (Å²) < 4.78 is 4.74. The number of rotatable bonds is 1. The van der Waals surface area contributed by atoms with Gasteiger partial charge in [0.05, 0.1) is 6.04 Å². The van der Waals surface area contributed by atoms with Crippen LogP contribution in [-0.2, 0) is 4.74 Å². The number of aromatic hydroxyl groups is 1. The number of cyclic esters (lactones) is 1. The Morgan fingerprint density at radius 2 is 2.00 bits per heavy atom. The number of carbonyl (C=O) groups excluding carboxylic acids is 1. The molecule has 2 N–H and O–H groups in total. The molecule has 5 heteroatoms. The molecule has 1 amide bonds. The summed E-state index contributed by atoms with van der Waals surface area (Å²) in [4.78, 5) is 10.7. The number of benzene rings is 1. The quantitative estimate of drug-likeness (QED) is 0.748. The summed E-state index contributed by atoms with van der Waals surface area (Å²) in [6, 6.07) is 6.59. The smallest absolute Gasteiger partial charge is 0.407 e. The summed E-state index contributed by atoms with van der Waals surface area (Å²) in [7, 11) is 0. The van der Waals surface area contributed by atoms with Crippen LogP contribution < -0.4 is 5.32 Å². The fourth-order valence-electron chi connectivity index (χ4n) is 1.27. The van der Waals surface area contributed by atoms with Crippen LogP contribution in [0, 0.1) is 0 Å². The Balaban J connectivity index is 0.000000980. The Hall–Kier alpha value is -1.42. The van der Waals surface area contributed by atoms with Gasteiger partial charge in [-0.15, -0.1) is 12.4 Å². The molecule has 1 heterocycles. The molecule has 0 aliphatic carbocycles. The molecule has 1 aliphatic rings. The summed E-state index contributed by atoms with van der Waals surface area (Å²) in [6.07, 6.45) is -0.391. The van der Waals surface area contributed by atoms with Gasteiger partial charge in [-0.1, -0.05) is 12.1 Å². The molecule has 14 heavy (non-hydrogen) atoms. The second kappa shape index (κ2) is 4.19. The lowest BCUT2D eigenvalue weighted by atomic mass is 10.1. The van der Waals surface area contributed by atoms with E-state index in [9.17, 15) is 4.79 Å². The van der Waals surface area contributed by atoms with Crippen LogP contribution in [0.5, 0.6) is 5.75 Å². The van der Waals surface area contributed by atoms with Crippen LogP contribution in [0.4, 0.5) is 4.79 Å². The van der Waals surface area contributed by atoms with E-state index < -0.39 is 6.09 Å². The molecule has 1 aromatic carbocycles. The van der Waals surface area contributed by atoms with Crippen molar-refractivity contribution in [3.8, 4) is 5.75 Å². The number of phenols is 1. The highest BCUT2D eigenvalue weighted by Crippen LogP contribution is 2.20. The van der Waals surface area contributed by atoms with Gasteiger partial charge in [0.1, 0.15) is 12.4 Å². The minimum Gasteiger partial charge on any atom is -0.508 e. The van der Waals surface area contributed by atoms with Crippen molar-refractivity contribution in [2.75, 3.05) is 6.61 Å². The van der Waals surface area contributed by atoms with E-state index >= 15 is 0 Å². The Bertz CT molecular complexity index is 325. The zero-order valence-electron chi connectivity index (χ0n) is 7.27. The molecule has 1 atom stereocenters. The molecule has 0 radical (unpaired) electrons. The minimum absolute atomic E-state index is 0. The highest BCUT2D eigenvalue weighted by molar-refractivity contribution is 5.85. The highest BCUT2D eigenvalue weighted by Gasteiger charge is 2.23. The maximum atomic E-state index is 10.7. The third-order valence-electron chi connectivity index (χ3n) is 1.97. The first-order valence-corrected chi connectivity index (χ1v) is 3.98. The van der Waals surface area contributed by atoms with Crippen LogP contribution in [0.2, 0.25) is 0 Å². The molecule has 2 rings (SSSR count). The molecule has 76 valence electrons. The minimum atomic E-state index is -0.391. The third kappa shape index (κ3) is 2.09. The highest BCUT2D eigenvalue weighted by atomic mass is 35.5. The van der Waals surface area contributed by atoms with Gasteiger partial charge >= 0.3 is 6.09 Å². The Kier molecular flexibility index (Phi) is 3.19. The molecule has 1 aromatic rings. The molecule has 0 spiro atoms. The lowest BCUT2D eigenvalue weighted by Gasteiger charge is -2.06. The SMILES string of the molecule is Cl.O=C1N[C@H](c2ccc(O)cc2)CO1. The molecule has 1 aliphatic heterocycles. The number of amides is 1. The van der Waals surface area contributed by atoms with Gasteiger partial charge in [0.15, 0.2) is 0 Å². The van der Waals surface area contributed by atoms with Crippen molar-refractivity contribution < 1.29 is 14.6 Å². The van der Waals surface area contributed by atoms with Crippen molar-refractivity contribution in [1.82, 2.24) is 5.32 Å². The number of hydrogen-bond acceptors (Lipinski definition) is 3. The van der Waals surface area contributed by atoms with Crippen LogP contribution in [0.1, 0.15) is 11.6 Å². The van der Waals surface area contributed by atoms with Crippen molar-refractivity contribution in [2.24, 2.45) is 0 Å². The second-order valence-corrected chi connectivity index (χ2v) is 2.89. The third-order valence-corrected chi connectivity index (χ3v) is 1.97. The summed E-state index contributed by atoms with van der Waals surface area (Å²) in [5, 5.41) is 11.7. The lowest BCUT2D eigenvalue weighted by molar-refractivity contribution is 0.177. The van der Waals surface area contributed by atoms with Crippen molar-refractivity contribution in [3.05, 3.63) is 29.8 Å². The number of alkyl carbamates (subject to hydrolysis) is 1. The predicted octanol–water partition coefficient (Wildman–Crippen LogP) is 1.59. The zero-order chi connectivity index (χ0) is 9.26. The first-order chi connectivity index (χ1) is 6.25. The summed E-state index contributed by atoms with van der Waals surface area (Å²) in [6.45, 7) is 0.351. The molecular weight excluding hydrogens is 206 g/mol. The van der Waals surface area contributed by atoms with Crippen molar-refractivity contribution in [3.63, 3.8) is 0 Å². The lowest BCUT2D eigenvalue weighted by Crippen LogP contribution is -2.17. The molecule has 0 saturated carbocycles. The summed E-state index contributed by atoms with van der Waals surface area (Å²) in [5.74, 6) is 0.217. The van der Waals surface area contributed by atoms with Crippen molar-refractivity contribution in [1.29, 1.82) is 0 Å². The van der Waals surface area contributed by atoms with E-state index in [1.807, 2.05) is 0 Å². The van der Waals surface area contributed by atoms with E-state index in [-0.39, 0.29) is 24.2 Å².